The van der Waals surface area contributed by atoms with Crippen molar-refractivity contribution in [2.24, 2.45) is 5.92 Å². The van der Waals surface area contributed by atoms with E-state index in [1.54, 1.807) is 19.1 Å². The van der Waals surface area contributed by atoms with Crippen molar-refractivity contribution >= 4 is 23.3 Å². The molecule has 20 heavy (non-hydrogen) atoms. The number of anilines is 1. The van der Waals surface area contributed by atoms with Crippen LogP contribution >= 0.6 is 11.6 Å². The van der Waals surface area contributed by atoms with E-state index in [1.807, 2.05) is 13.0 Å². The number of aliphatic hydroxyl groups is 1. The van der Waals surface area contributed by atoms with Gasteiger partial charge in [-0.1, -0.05) is 18.5 Å². The van der Waals surface area contributed by atoms with Gasteiger partial charge in [-0.25, -0.2) is 4.79 Å². The highest BCUT2D eigenvalue weighted by Gasteiger charge is 2.09. The van der Waals surface area contributed by atoms with Crippen LogP contribution in [0.2, 0.25) is 5.02 Å². The van der Waals surface area contributed by atoms with Gasteiger partial charge < -0.3 is 15.7 Å². The van der Waals surface area contributed by atoms with E-state index in [2.05, 4.69) is 10.6 Å². The summed E-state index contributed by atoms with van der Waals surface area (Å²) in [6, 6.07) is 6.30. The van der Waals surface area contributed by atoms with Gasteiger partial charge in [-0.3, -0.25) is 0 Å². The molecule has 108 valence electrons. The number of nitrogens with one attached hydrogen (secondary N) is 2. The van der Waals surface area contributed by atoms with Gasteiger partial charge in [-0.15, -0.1) is 0 Å². The SMILES string of the molecule is CC(O)CC(C)CNC(=O)Nc1ccc(C#N)c(Cl)c1. The topological polar surface area (TPSA) is 85.2 Å². The molecule has 0 heterocycles. The number of hydrogen-bond donors (Lipinski definition) is 3. The smallest absolute Gasteiger partial charge is 0.319 e. The second kappa shape index (κ2) is 7.73. The fraction of sp³-hybridized carbons (Fsp3) is 0.429. The summed E-state index contributed by atoms with van der Waals surface area (Å²) in [4.78, 5) is 11.7. The van der Waals surface area contributed by atoms with Gasteiger partial charge in [0.2, 0.25) is 0 Å². The van der Waals surface area contributed by atoms with E-state index >= 15 is 0 Å². The summed E-state index contributed by atoms with van der Waals surface area (Å²) in [6.07, 6.45) is 0.246. The van der Waals surface area contributed by atoms with E-state index in [1.165, 1.54) is 6.07 Å². The number of carbonyl (C=O) groups excluding carboxylic acids is 1. The molecule has 0 aliphatic heterocycles. The average Bonchev–Trinajstić information content (AvgIpc) is 2.36. The first-order valence-electron chi connectivity index (χ1n) is 6.35. The number of urea groups is 1. The minimum atomic E-state index is -0.382. The van der Waals surface area contributed by atoms with Gasteiger partial charge in [0, 0.05) is 12.2 Å². The van der Waals surface area contributed by atoms with Crippen LogP contribution in [0.25, 0.3) is 0 Å². The number of nitriles is 1. The Labute approximate surface area is 123 Å². The molecule has 0 saturated heterocycles. The normalized spacial score (nSPS) is 13.2. The van der Waals surface area contributed by atoms with E-state index in [-0.39, 0.29) is 18.1 Å². The minimum absolute atomic E-state index is 0.185. The summed E-state index contributed by atoms with van der Waals surface area (Å²) in [6.45, 7) is 4.14. The molecule has 2 amide bonds. The molecule has 0 aliphatic rings. The standard InChI is InChI=1S/C14H18ClN3O2/c1-9(5-10(2)19)8-17-14(20)18-12-4-3-11(7-16)13(15)6-12/h3-4,6,9-10,19H,5,8H2,1-2H3,(H2,17,18,20). The van der Waals surface area contributed by atoms with Crippen LogP contribution in [0.5, 0.6) is 0 Å². The first-order valence-corrected chi connectivity index (χ1v) is 6.72. The zero-order valence-electron chi connectivity index (χ0n) is 11.5. The van der Waals surface area contributed by atoms with Crippen molar-refractivity contribution < 1.29 is 9.90 Å². The quantitative estimate of drug-likeness (QED) is 0.781. The van der Waals surface area contributed by atoms with Gasteiger partial charge >= 0.3 is 6.03 Å². The maximum Gasteiger partial charge on any atom is 0.319 e. The molecule has 1 aromatic carbocycles. The lowest BCUT2D eigenvalue weighted by molar-refractivity contribution is 0.163. The maximum atomic E-state index is 11.7. The maximum absolute atomic E-state index is 11.7. The predicted octanol–water partition coefficient (Wildman–Crippen LogP) is 2.74. The molecule has 0 spiro atoms. The minimum Gasteiger partial charge on any atom is -0.393 e. The summed E-state index contributed by atoms with van der Waals surface area (Å²) in [7, 11) is 0. The Morgan fingerprint density at radius 2 is 2.20 bits per heavy atom. The van der Waals surface area contributed by atoms with E-state index in [9.17, 15) is 9.90 Å². The molecule has 3 N–H and O–H groups in total. The number of halogens is 1. The molecule has 0 bridgehead atoms. The molecule has 0 radical (unpaired) electrons. The van der Waals surface area contributed by atoms with Crippen LogP contribution in [0.3, 0.4) is 0 Å². The Hall–Kier alpha value is -1.77. The average molecular weight is 296 g/mol. The Kier molecular flexibility index (Phi) is 6.29. The zero-order valence-corrected chi connectivity index (χ0v) is 12.2. The number of rotatable bonds is 5. The highest BCUT2D eigenvalue weighted by molar-refractivity contribution is 6.32. The fourth-order valence-corrected chi connectivity index (χ4v) is 2.01. The monoisotopic (exact) mass is 295 g/mol. The van der Waals surface area contributed by atoms with Crippen molar-refractivity contribution in [3.63, 3.8) is 0 Å². The fourth-order valence-electron chi connectivity index (χ4n) is 1.79. The van der Waals surface area contributed by atoms with E-state index in [0.29, 0.717) is 29.2 Å². The molecule has 0 aliphatic carbocycles. The lowest BCUT2D eigenvalue weighted by Crippen LogP contribution is -2.33. The largest absolute Gasteiger partial charge is 0.393 e. The first kappa shape index (κ1) is 16.3. The molecule has 2 atom stereocenters. The van der Waals surface area contributed by atoms with Gasteiger partial charge in [0.15, 0.2) is 0 Å². The Balaban J connectivity index is 2.47. The van der Waals surface area contributed by atoms with Crippen LogP contribution in [0.1, 0.15) is 25.8 Å². The van der Waals surface area contributed by atoms with Gasteiger partial charge in [0.05, 0.1) is 16.7 Å². The molecule has 1 rings (SSSR count). The third-order valence-electron chi connectivity index (χ3n) is 2.70. The van der Waals surface area contributed by atoms with E-state index in [4.69, 9.17) is 16.9 Å². The van der Waals surface area contributed by atoms with E-state index in [0.717, 1.165) is 0 Å². The predicted molar refractivity (Wildman–Crippen MR) is 78.7 cm³/mol. The van der Waals surface area contributed by atoms with Gasteiger partial charge in [0.1, 0.15) is 6.07 Å². The molecular formula is C14H18ClN3O2. The lowest BCUT2D eigenvalue weighted by atomic mass is 10.1. The summed E-state index contributed by atoms with van der Waals surface area (Å²) in [5.74, 6) is 0.185. The van der Waals surface area contributed by atoms with Crippen LogP contribution in [0.4, 0.5) is 10.5 Å². The summed E-state index contributed by atoms with van der Waals surface area (Å²) < 4.78 is 0. The first-order chi connectivity index (χ1) is 9.42. The van der Waals surface area contributed by atoms with Crippen LogP contribution in [0, 0.1) is 17.2 Å². The molecule has 0 fully saturated rings. The van der Waals surface area contributed by atoms with Crippen molar-refractivity contribution in [2.75, 3.05) is 11.9 Å². The number of nitrogens with zero attached hydrogens (tertiary/aromatic N) is 1. The van der Waals surface area contributed by atoms with Crippen molar-refractivity contribution in [2.45, 2.75) is 26.4 Å². The molecule has 1 aromatic rings. The second-order valence-corrected chi connectivity index (χ2v) is 5.24. The van der Waals surface area contributed by atoms with Crippen LogP contribution in [0.15, 0.2) is 18.2 Å². The summed E-state index contributed by atoms with van der Waals surface area (Å²) >= 11 is 5.88. The Bertz CT molecular complexity index is 512. The van der Waals surface area contributed by atoms with Crippen LogP contribution in [-0.4, -0.2) is 23.8 Å². The highest BCUT2D eigenvalue weighted by atomic mass is 35.5. The van der Waals surface area contributed by atoms with Gasteiger partial charge in [-0.2, -0.15) is 5.26 Å². The summed E-state index contributed by atoms with van der Waals surface area (Å²) in [5.41, 5.74) is 0.887. The van der Waals surface area contributed by atoms with Gasteiger partial charge in [-0.05, 0) is 37.5 Å². The third kappa shape index (κ3) is 5.47. The summed E-state index contributed by atoms with van der Waals surface area (Å²) in [5, 5.41) is 23.6. The number of benzene rings is 1. The van der Waals surface area contributed by atoms with E-state index < -0.39 is 0 Å². The Morgan fingerprint density at radius 1 is 1.50 bits per heavy atom. The molecule has 0 saturated carbocycles. The molecule has 5 nitrogen and oxygen atoms in total. The number of aliphatic hydroxyl groups excluding tert-OH is 1. The van der Waals surface area contributed by atoms with Crippen molar-refractivity contribution in [3.05, 3.63) is 28.8 Å². The molecule has 0 aromatic heterocycles. The molecular weight excluding hydrogens is 278 g/mol. The number of hydrogen-bond acceptors (Lipinski definition) is 3. The Morgan fingerprint density at radius 3 is 2.75 bits per heavy atom. The lowest BCUT2D eigenvalue weighted by Gasteiger charge is -2.14. The zero-order chi connectivity index (χ0) is 15.1. The van der Waals surface area contributed by atoms with Crippen LogP contribution in [-0.2, 0) is 0 Å². The van der Waals surface area contributed by atoms with Crippen molar-refractivity contribution in [1.82, 2.24) is 5.32 Å². The number of amides is 2. The van der Waals surface area contributed by atoms with Crippen LogP contribution < -0.4 is 10.6 Å². The molecule has 2 unspecified atom stereocenters. The third-order valence-corrected chi connectivity index (χ3v) is 3.01. The molecule has 6 heteroatoms. The van der Waals surface area contributed by atoms with Crippen molar-refractivity contribution in [1.29, 1.82) is 5.26 Å². The highest BCUT2D eigenvalue weighted by Crippen LogP contribution is 2.20. The second-order valence-electron chi connectivity index (χ2n) is 4.83. The van der Waals surface area contributed by atoms with Crippen molar-refractivity contribution in [3.8, 4) is 6.07 Å². The number of carbonyl (C=O) groups is 1. The van der Waals surface area contributed by atoms with Gasteiger partial charge in [0.25, 0.3) is 0 Å².